The first-order valence-corrected chi connectivity index (χ1v) is 7.16. The van der Waals surface area contributed by atoms with Crippen LogP contribution in [0.3, 0.4) is 0 Å². The molecule has 0 radical (unpaired) electrons. The Morgan fingerprint density at radius 2 is 1.88 bits per heavy atom. The van der Waals surface area contributed by atoms with Crippen molar-refractivity contribution in [2.45, 2.75) is 6.92 Å². The lowest BCUT2D eigenvalue weighted by molar-refractivity contribution is -0.384. The van der Waals surface area contributed by atoms with Crippen LogP contribution in [0.5, 0.6) is 11.5 Å². The number of carbonyl (C=O) groups excluding carboxylic acids is 1. The Morgan fingerprint density at radius 3 is 2.46 bits per heavy atom. The molecular weight excluding hydrogens is 314 g/mol. The van der Waals surface area contributed by atoms with Gasteiger partial charge in [-0.2, -0.15) is 0 Å². The molecule has 0 spiro atoms. The Bertz CT molecular complexity index is 731. The molecule has 0 fully saturated rings. The van der Waals surface area contributed by atoms with E-state index in [9.17, 15) is 14.9 Å². The number of benzene rings is 2. The lowest BCUT2D eigenvalue weighted by atomic mass is 10.2. The topological polar surface area (TPSA) is 103 Å². The van der Waals surface area contributed by atoms with Gasteiger partial charge < -0.3 is 20.1 Å². The molecule has 0 bridgehead atoms. The van der Waals surface area contributed by atoms with Crippen molar-refractivity contribution < 1.29 is 19.2 Å². The number of methoxy groups -OCH3 is 1. The van der Waals surface area contributed by atoms with E-state index in [-0.39, 0.29) is 11.4 Å². The maximum Gasteiger partial charge on any atom is 0.323 e. The highest BCUT2D eigenvalue weighted by Gasteiger charge is 2.13. The van der Waals surface area contributed by atoms with Crippen molar-refractivity contribution in [1.29, 1.82) is 0 Å². The van der Waals surface area contributed by atoms with Crippen LogP contribution in [0, 0.1) is 10.1 Å². The van der Waals surface area contributed by atoms with E-state index in [1.54, 1.807) is 24.3 Å². The van der Waals surface area contributed by atoms with E-state index in [0.717, 1.165) is 0 Å². The van der Waals surface area contributed by atoms with E-state index >= 15 is 0 Å². The standard InChI is InChI=1S/C16H17N3O5/c1-3-24-13-7-4-11(5-8-13)17-16(20)18-14-9-6-12(19(21)22)10-15(14)23-2/h4-10H,3H2,1-2H3,(H2,17,18,20). The molecule has 0 aliphatic carbocycles. The highest BCUT2D eigenvalue weighted by atomic mass is 16.6. The molecule has 2 amide bonds. The fourth-order valence-electron chi connectivity index (χ4n) is 1.98. The van der Waals surface area contributed by atoms with Crippen molar-refractivity contribution in [3.63, 3.8) is 0 Å². The summed E-state index contributed by atoms with van der Waals surface area (Å²) in [5, 5.41) is 16.0. The number of non-ortho nitro benzene ring substituents is 1. The number of hydrogen-bond acceptors (Lipinski definition) is 5. The van der Waals surface area contributed by atoms with Gasteiger partial charge >= 0.3 is 6.03 Å². The van der Waals surface area contributed by atoms with E-state index < -0.39 is 11.0 Å². The number of amides is 2. The van der Waals surface area contributed by atoms with Crippen LogP contribution >= 0.6 is 0 Å². The minimum absolute atomic E-state index is 0.121. The van der Waals surface area contributed by atoms with Crippen LogP contribution in [0.25, 0.3) is 0 Å². The van der Waals surface area contributed by atoms with Gasteiger partial charge in [-0.15, -0.1) is 0 Å². The summed E-state index contributed by atoms with van der Waals surface area (Å²) in [4.78, 5) is 22.3. The molecule has 0 atom stereocenters. The maximum atomic E-state index is 12.0. The highest BCUT2D eigenvalue weighted by molar-refractivity contribution is 6.00. The molecule has 0 saturated carbocycles. The SMILES string of the molecule is CCOc1ccc(NC(=O)Nc2ccc([N+](=O)[O-])cc2OC)cc1. The second-order valence-electron chi connectivity index (χ2n) is 4.68. The summed E-state index contributed by atoms with van der Waals surface area (Å²) in [6.45, 7) is 2.45. The Morgan fingerprint density at radius 1 is 1.17 bits per heavy atom. The van der Waals surface area contributed by atoms with Crippen LogP contribution in [0.1, 0.15) is 6.92 Å². The third-order valence-electron chi connectivity index (χ3n) is 3.07. The van der Waals surface area contributed by atoms with Crippen LogP contribution in [-0.4, -0.2) is 24.7 Å². The van der Waals surface area contributed by atoms with Crippen LogP contribution in [-0.2, 0) is 0 Å². The summed E-state index contributed by atoms with van der Waals surface area (Å²) in [6, 6.07) is 10.3. The number of carbonyl (C=O) groups is 1. The fourth-order valence-corrected chi connectivity index (χ4v) is 1.98. The molecule has 0 aromatic heterocycles. The number of rotatable bonds is 6. The van der Waals surface area contributed by atoms with Crippen molar-refractivity contribution in [1.82, 2.24) is 0 Å². The quantitative estimate of drug-likeness (QED) is 0.621. The van der Waals surface area contributed by atoms with Gasteiger partial charge in [0.2, 0.25) is 0 Å². The Labute approximate surface area is 138 Å². The Hall–Kier alpha value is -3.29. The first-order valence-electron chi connectivity index (χ1n) is 7.16. The van der Waals surface area contributed by atoms with Crippen molar-refractivity contribution in [3.05, 3.63) is 52.6 Å². The molecule has 2 rings (SSSR count). The summed E-state index contributed by atoms with van der Waals surface area (Å²) in [6.07, 6.45) is 0. The smallest absolute Gasteiger partial charge is 0.323 e. The van der Waals surface area contributed by atoms with Crippen molar-refractivity contribution in [3.8, 4) is 11.5 Å². The lowest BCUT2D eigenvalue weighted by Gasteiger charge is -2.11. The Balaban J connectivity index is 2.05. The monoisotopic (exact) mass is 331 g/mol. The number of nitrogens with zero attached hydrogens (tertiary/aromatic N) is 1. The predicted molar refractivity (Wildman–Crippen MR) is 89.9 cm³/mol. The summed E-state index contributed by atoms with van der Waals surface area (Å²) in [5.74, 6) is 0.909. The van der Waals surface area contributed by atoms with Crippen molar-refractivity contribution >= 4 is 23.1 Å². The predicted octanol–water partition coefficient (Wildman–Crippen LogP) is 3.65. The van der Waals surface area contributed by atoms with Gasteiger partial charge in [-0.1, -0.05) is 0 Å². The summed E-state index contributed by atoms with van der Waals surface area (Å²) >= 11 is 0. The van der Waals surface area contributed by atoms with E-state index in [2.05, 4.69) is 10.6 Å². The van der Waals surface area contributed by atoms with Crippen LogP contribution in [0.4, 0.5) is 21.9 Å². The van der Waals surface area contributed by atoms with Gasteiger partial charge in [-0.25, -0.2) is 4.79 Å². The molecule has 8 heteroatoms. The number of anilines is 2. The largest absolute Gasteiger partial charge is 0.494 e. The number of urea groups is 1. The van der Waals surface area contributed by atoms with E-state index in [4.69, 9.17) is 9.47 Å². The number of nitro benzene ring substituents is 1. The lowest BCUT2D eigenvalue weighted by Crippen LogP contribution is -2.19. The number of hydrogen-bond donors (Lipinski definition) is 2. The van der Waals surface area contributed by atoms with Crippen LogP contribution in [0.2, 0.25) is 0 Å². The normalized spacial score (nSPS) is 9.92. The van der Waals surface area contributed by atoms with Gasteiger partial charge in [0.15, 0.2) is 0 Å². The Kier molecular flexibility index (Phi) is 5.56. The van der Waals surface area contributed by atoms with Crippen molar-refractivity contribution in [2.75, 3.05) is 24.4 Å². The van der Waals surface area contributed by atoms with Crippen molar-refractivity contribution in [2.24, 2.45) is 0 Å². The zero-order valence-corrected chi connectivity index (χ0v) is 13.2. The minimum atomic E-state index is -0.535. The molecule has 0 saturated heterocycles. The molecule has 0 aliphatic heterocycles. The van der Waals surface area contributed by atoms with Gasteiger partial charge in [-0.3, -0.25) is 10.1 Å². The first-order chi connectivity index (χ1) is 11.5. The van der Waals surface area contributed by atoms with Gasteiger partial charge in [0.1, 0.15) is 11.5 Å². The van der Waals surface area contributed by atoms with E-state index in [1.807, 2.05) is 6.92 Å². The molecule has 24 heavy (non-hydrogen) atoms. The summed E-state index contributed by atoms with van der Waals surface area (Å²) in [7, 11) is 1.37. The third-order valence-corrected chi connectivity index (χ3v) is 3.07. The van der Waals surface area contributed by atoms with E-state index in [0.29, 0.717) is 23.7 Å². The summed E-state index contributed by atoms with van der Waals surface area (Å²) < 4.78 is 10.4. The zero-order valence-electron chi connectivity index (χ0n) is 13.2. The zero-order chi connectivity index (χ0) is 17.5. The molecular formula is C16H17N3O5. The average Bonchev–Trinajstić information content (AvgIpc) is 2.57. The van der Waals surface area contributed by atoms with Crippen LogP contribution in [0.15, 0.2) is 42.5 Å². The second-order valence-corrected chi connectivity index (χ2v) is 4.68. The second kappa shape index (κ2) is 7.82. The minimum Gasteiger partial charge on any atom is -0.494 e. The van der Waals surface area contributed by atoms with Gasteiger partial charge in [0, 0.05) is 11.8 Å². The van der Waals surface area contributed by atoms with Gasteiger partial charge in [0.25, 0.3) is 5.69 Å². The number of nitro groups is 1. The third kappa shape index (κ3) is 4.35. The molecule has 2 aromatic carbocycles. The first kappa shape index (κ1) is 17.1. The van der Waals surface area contributed by atoms with Crippen LogP contribution < -0.4 is 20.1 Å². The average molecular weight is 331 g/mol. The maximum absolute atomic E-state index is 12.0. The molecule has 2 N–H and O–H groups in total. The van der Waals surface area contributed by atoms with Gasteiger partial charge in [0.05, 0.1) is 30.4 Å². The number of nitrogens with one attached hydrogen (secondary N) is 2. The summed E-state index contributed by atoms with van der Waals surface area (Å²) in [5.41, 5.74) is 0.785. The molecule has 8 nitrogen and oxygen atoms in total. The number of ether oxygens (including phenoxy) is 2. The van der Waals surface area contributed by atoms with E-state index in [1.165, 1.54) is 25.3 Å². The molecule has 2 aromatic rings. The molecule has 0 heterocycles. The molecule has 0 unspecified atom stereocenters. The fraction of sp³-hybridized carbons (Fsp3) is 0.188. The molecule has 0 aliphatic rings. The van der Waals surface area contributed by atoms with Gasteiger partial charge in [-0.05, 0) is 37.3 Å². The molecule has 126 valence electrons. The highest BCUT2D eigenvalue weighted by Crippen LogP contribution is 2.29.